The monoisotopic (exact) mass is 588 g/mol. The number of amides is 3. The highest BCUT2D eigenvalue weighted by Crippen LogP contribution is 2.21. The Balaban J connectivity index is 0.988. The lowest BCUT2D eigenvalue weighted by atomic mass is 10.1. The zero-order valence-electron chi connectivity index (χ0n) is 23.8. The van der Waals surface area contributed by atoms with Crippen LogP contribution < -0.4 is 5.32 Å². The minimum Gasteiger partial charge on any atom is -0.445 e. The third-order valence-corrected chi connectivity index (χ3v) is 5.93. The molecule has 230 valence electrons. The van der Waals surface area contributed by atoms with E-state index in [2.05, 4.69) is 5.32 Å². The van der Waals surface area contributed by atoms with Crippen LogP contribution >= 0.6 is 0 Å². The standard InChI is InChI=1S/C30H40N2O10/c33-28-26-8-4-5-9-27(26)29(34)32(28)11-13-37-15-17-39-19-21-41-23-22-40-20-18-38-16-14-36-12-10-31-30(35)42-24-25-6-2-1-3-7-25/h1-9H,10-24H2,(H,31,35). The normalized spacial score (nSPS) is 12.5. The predicted molar refractivity (Wildman–Crippen MR) is 151 cm³/mol. The number of benzene rings is 2. The third kappa shape index (κ3) is 12.6. The average molecular weight is 589 g/mol. The van der Waals surface area contributed by atoms with E-state index in [0.717, 1.165) is 5.56 Å². The van der Waals surface area contributed by atoms with Crippen LogP contribution in [-0.2, 0) is 39.8 Å². The summed E-state index contributed by atoms with van der Waals surface area (Å²) in [6, 6.07) is 16.3. The lowest BCUT2D eigenvalue weighted by Gasteiger charge is -2.13. The molecular formula is C30H40N2O10. The number of imide groups is 1. The summed E-state index contributed by atoms with van der Waals surface area (Å²) in [7, 11) is 0. The van der Waals surface area contributed by atoms with Crippen molar-refractivity contribution in [3.8, 4) is 0 Å². The molecule has 12 nitrogen and oxygen atoms in total. The van der Waals surface area contributed by atoms with E-state index in [1.165, 1.54) is 4.90 Å². The zero-order valence-corrected chi connectivity index (χ0v) is 23.8. The molecule has 42 heavy (non-hydrogen) atoms. The molecule has 3 rings (SSSR count). The van der Waals surface area contributed by atoms with Crippen LogP contribution in [0.5, 0.6) is 0 Å². The SMILES string of the molecule is O=C(NCCOCCOCCOCCOCCOCCOCCN1C(=O)c2ccccc2C1=O)OCc1ccccc1. The van der Waals surface area contributed by atoms with Gasteiger partial charge in [0.05, 0.1) is 97.0 Å². The molecule has 1 aliphatic heterocycles. The van der Waals surface area contributed by atoms with Crippen molar-refractivity contribution in [2.75, 3.05) is 92.4 Å². The summed E-state index contributed by atoms with van der Waals surface area (Å²) in [5.74, 6) is -0.563. The topological polar surface area (TPSA) is 131 Å². The van der Waals surface area contributed by atoms with Gasteiger partial charge >= 0.3 is 6.09 Å². The summed E-state index contributed by atoms with van der Waals surface area (Å²) in [6.07, 6.45) is -0.478. The van der Waals surface area contributed by atoms with Crippen LogP contribution in [0.15, 0.2) is 54.6 Å². The molecule has 0 aromatic heterocycles. The Morgan fingerprint density at radius 2 is 1.00 bits per heavy atom. The molecule has 0 saturated heterocycles. The molecule has 1 heterocycles. The molecule has 0 fully saturated rings. The highest BCUT2D eigenvalue weighted by atomic mass is 16.6. The number of nitrogens with one attached hydrogen (secondary N) is 1. The highest BCUT2D eigenvalue weighted by molar-refractivity contribution is 6.21. The molecule has 1 N–H and O–H groups in total. The number of fused-ring (bicyclic) bond motifs is 1. The van der Waals surface area contributed by atoms with E-state index in [9.17, 15) is 14.4 Å². The fraction of sp³-hybridized carbons (Fsp3) is 0.500. The van der Waals surface area contributed by atoms with E-state index >= 15 is 0 Å². The largest absolute Gasteiger partial charge is 0.445 e. The minimum absolute atomic E-state index is 0.210. The molecule has 0 spiro atoms. The fourth-order valence-electron chi connectivity index (χ4n) is 3.80. The van der Waals surface area contributed by atoms with Gasteiger partial charge in [-0.25, -0.2) is 4.79 Å². The maximum absolute atomic E-state index is 12.3. The van der Waals surface area contributed by atoms with Gasteiger partial charge in [-0.05, 0) is 17.7 Å². The van der Waals surface area contributed by atoms with Crippen molar-refractivity contribution in [1.29, 1.82) is 0 Å². The molecule has 2 aromatic rings. The van der Waals surface area contributed by atoms with Crippen LogP contribution in [0.25, 0.3) is 0 Å². The molecule has 0 atom stereocenters. The number of carbonyl (C=O) groups excluding carboxylic acids is 3. The van der Waals surface area contributed by atoms with Crippen LogP contribution in [0.3, 0.4) is 0 Å². The second-order valence-corrected chi connectivity index (χ2v) is 8.97. The molecule has 3 amide bonds. The van der Waals surface area contributed by atoms with E-state index in [1.54, 1.807) is 24.3 Å². The first-order valence-corrected chi connectivity index (χ1v) is 14.0. The Labute approximate surface area is 246 Å². The Morgan fingerprint density at radius 3 is 1.50 bits per heavy atom. The van der Waals surface area contributed by atoms with Crippen molar-refractivity contribution in [1.82, 2.24) is 10.2 Å². The Hall–Kier alpha value is -3.39. The van der Waals surface area contributed by atoms with Gasteiger partial charge in [-0.1, -0.05) is 42.5 Å². The summed E-state index contributed by atoms with van der Waals surface area (Å²) in [4.78, 5) is 37.4. The van der Waals surface area contributed by atoms with Gasteiger partial charge in [-0.3, -0.25) is 14.5 Å². The summed E-state index contributed by atoms with van der Waals surface area (Å²) in [5.41, 5.74) is 1.81. The summed E-state index contributed by atoms with van der Waals surface area (Å²) in [5, 5.41) is 2.63. The van der Waals surface area contributed by atoms with Crippen molar-refractivity contribution in [3.05, 3.63) is 71.3 Å². The van der Waals surface area contributed by atoms with Crippen molar-refractivity contribution >= 4 is 17.9 Å². The second kappa shape index (κ2) is 20.5. The average Bonchev–Trinajstić information content (AvgIpc) is 3.26. The Kier molecular flexibility index (Phi) is 16.1. The number of hydrogen-bond acceptors (Lipinski definition) is 10. The molecule has 0 saturated carbocycles. The van der Waals surface area contributed by atoms with Crippen LogP contribution in [0.1, 0.15) is 26.3 Å². The maximum atomic E-state index is 12.3. The Bertz CT molecular complexity index is 1030. The third-order valence-electron chi connectivity index (χ3n) is 5.93. The molecule has 1 aliphatic rings. The van der Waals surface area contributed by atoms with Gasteiger partial charge in [-0.2, -0.15) is 0 Å². The van der Waals surface area contributed by atoms with Crippen LogP contribution in [0.4, 0.5) is 4.79 Å². The molecule has 2 aromatic carbocycles. The van der Waals surface area contributed by atoms with E-state index in [1.807, 2.05) is 30.3 Å². The lowest BCUT2D eigenvalue weighted by molar-refractivity contribution is -0.0170. The van der Waals surface area contributed by atoms with Gasteiger partial charge < -0.3 is 38.5 Å². The number of nitrogens with zero attached hydrogens (tertiary/aromatic N) is 1. The maximum Gasteiger partial charge on any atom is 0.407 e. The number of rotatable bonds is 23. The summed E-state index contributed by atoms with van der Waals surface area (Å²) in [6.45, 7) is 5.68. The first kappa shape index (κ1) is 33.1. The quantitative estimate of drug-likeness (QED) is 0.152. The molecular weight excluding hydrogens is 548 g/mol. The van der Waals surface area contributed by atoms with Gasteiger partial charge in [0.2, 0.25) is 0 Å². The van der Waals surface area contributed by atoms with Gasteiger partial charge in [0, 0.05) is 6.54 Å². The zero-order chi connectivity index (χ0) is 29.7. The van der Waals surface area contributed by atoms with Gasteiger partial charge in [-0.15, -0.1) is 0 Å². The van der Waals surface area contributed by atoms with Gasteiger partial charge in [0.25, 0.3) is 11.8 Å². The number of ether oxygens (including phenoxy) is 7. The lowest BCUT2D eigenvalue weighted by Crippen LogP contribution is -2.33. The van der Waals surface area contributed by atoms with Crippen molar-refractivity contribution < 1.29 is 47.5 Å². The number of alkyl carbamates (subject to hydrolysis) is 1. The van der Waals surface area contributed by atoms with Gasteiger partial charge in [0.15, 0.2) is 0 Å². The second-order valence-electron chi connectivity index (χ2n) is 8.97. The molecule has 0 unspecified atom stereocenters. The summed E-state index contributed by atoms with van der Waals surface area (Å²) < 4.78 is 37.8. The number of carbonyl (C=O) groups is 3. The predicted octanol–water partition coefficient (Wildman–Crippen LogP) is 2.31. The fourth-order valence-corrected chi connectivity index (χ4v) is 3.80. The summed E-state index contributed by atoms with van der Waals surface area (Å²) >= 11 is 0. The first-order chi connectivity index (χ1) is 20.7. The van der Waals surface area contributed by atoms with E-state index in [-0.39, 0.29) is 31.6 Å². The number of hydrogen-bond donors (Lipinski definition) is 1. The first-order valence-electron chi connectivity index (χ1n) is 14.0. The van der Waals surface area contributed by atoms with Crippen LogP contribution in [0, 0.1) is 0 Å². The van der Waals surface area contributed by atoms with Crippen LogP contribution in [-0.4, -0.2) is 115 Å². The van der Waals surface area contributed by atoms with Gasteiger partial charge in [0.1, 0.15) is 6.61 Å². The highest BCUT2D eigenvalue weighted by Gasteiger charge is 2.34. The van der Waals surface area contributed by atoms with E-state index in [4.69, 9.17) is 33.2 Å². The Morgan fingerprint density at radius 1 is 0.571 bits per heavy atom. The molecule has 0 bridgehead atoms. The van der Waals surface area contributed by atoms with E-state index in [0.29, 0.717) is 90.3 Å². The van der Waals surface area contributed by atoms with Crippen molar-refractivity contribution in [2.45, 2.75) is 6.61 Å². The van der Waals surface area contributed by atoms with Crippen LogP contribution in [0.2, 0.25) is 0 Å². The molecule has 0 aliphatic carbocycles. The smallest absolute Gasteiger partial charge is 0.407 e. The van der Waals surface area contributed by atoms with E-state index < -0.39 is 6.09 Å². The molecule has 12 heteroatoms. The van der Waals surface area contributed by atoms with Crippen molar-refractivity contribution in [2.24, 2.45) is 0 Å². The molecule has 0 radical (unpaired) electrons. The van der Waals surface area contributed by atoms with Crippen molar-refractivity contribution in [3.63, 3.8) is 0 Å². The minimum atomic E-state index is -0.478.